The summed E-state index contributed by atoms with van der Waals surface area (Å²) in [6, 6.07) is 9.52. The Morgan fingerprint density at radius 3 is 2.84 bits per heavy atom. The van der Waals surface area contributed by atoms with E-state index >= 15 is 0 Å². The van der Waals surface area contributed by atoms with Gasteiger partial charge in [0, 0.05) is 31.5 Å². The van der Waals surface area contributed by atoms with Gasteiger partial charge in [-0.3, -0.25) is 14.2 Å². The highest BCUT2D eigenvalue weighted by Crippen LogP contribution is 2.13. The molecule has 0 fully saturated rings. The largest absolute Gasteiger partial charge is 0.336 e. The van der Waals surface area contributed by atoms with Crippen molar-refractivity contribution in [3.63, 3.8) is 0 Å². The molecular formula is C18H20ClN5O. The van der Waals surface area contributed by atoms with E-state index in [4.69, 9.17) is 11.6 Å². The van der Waals surface area contributed by atoms with Crippen LogP contribution in [0.1, 0.15) is 28.5 Å². The standard InChI is InChI=1S/C18H20ClN5O/c1-3-24-17(7-8-20-24)13-22(2)18(25)15-6-4-5-14(9-15)11-23-12-16(19)10-21-23/h4-10,12H,3,11,13H2,1-2H3. The van der Waals surface area contributed by atoms with Gasteiger partial charge in [-0.25, -0.2) is 0 Å². The SMILES string of the molecule is CCn1nccc1CN(C)C(=O)c1cccc(Cn2cc(Cl)cn2)c1. The van der Waals surface area contributed by atoms with Crippen molar-refractivity contribution >= 4 is 17.5 Å². The van der Waals surface area contributed by atoms with Gasteiger partial charge in [0.1, 0.15) is 0 Å². The third-order valence-corrected chi connectivity index (χ3v) is 4.17. The average Bonchev–Trinajstić information content (AvgIpc) is 3.23. The summed E-state index contributed by atoms with van der Waals surface area (Å²) in [5.41, 5.74) is 2.67. The molecular weight excluding hydrogens is 338 g/mol. The van der Waals surface area contributed by atoms with E-state index in [1.54, 1.807) is 35.2 Å². The maximum atomic E-state index is 12.7. The van der Waals surface area contributed by atoms with Crippen LogP contribution in [-0.2, 0) is 19.6 Å². The fourth-order valence-electron chi connectivity index (χ4n) is 2.73. The predicted molar refractivity (Wildman–Crippen MR) is 96.5 cm³/mol. The number of hydrogen-bond donors (Lipinski definition) is 0. The highest BCUT2D eigenvalue weighted by atomic mass is 35.5. The number of benzene rings is 1. The maximum Gasteiger partial charge on any atom is 0.253 e. The Morgan fingerprint density at radius 2 is 2.12 bits per heavy atom. The number of amides is 1. The van der Waals surface area contributed by atoms with Crippen molar-refractivity contribution < 1.29 is 4.79 Å². The Hall–Kier alpha value is -2.60. The summed E-state index contributed by atoms with van der Waals surface area (Å²) in [5, 5.41) is 9.01. The molecule has 0 atom stereocenters. The first-order valence-electron chi connectivity index (χ1n) is 8.10. The summed E-state index contributed by atoms with van der Waals surface area (Å²) in [6.45, 7) is 3.90. The second kappa shape index (κ2) is 7.53. The smallest absolute Gasteiger partial charge is 0.253 e. The Kier molecular flexibility index (Phi) is 5.19. The van der Waals surface area contributed by atoms with Crippen LogP contribution in [0.3, 0.4) is 0 Å². The van der Waals surface area contributed by atoms with E-state index < -0.39 is 0 Å². The van der Waals surface area contributed by atoms with Gasteiger partial charge in [0.25, 0.3) is 5.91 Å². The second-order valence-corrected chi connectivity index (χ2v) is 6.29. The molecule has 0 unspecified atom stereocenters. The highest BCUT2D eigenvalue weighted by molar-refractivity contribution is 6.30. The lowest BCUT2D eigenvalue weighted by Crippen LogP contribution is -2.27. The van der Waals surface area contributed by atoms with Crippen molar-refractivity contribution in [2.45, 2.75) is 26.6 Å². The van der Waals surface area contributed by atoms with E-state index in [1.807, 2.05) is 41.9 Å². The Labute approximate surface area is 151 Å². The normalized spacial score (nSPS) is 10.8. The topological polar surface area (TPSA) is 56.0 Å². The van der Waals surface area contributed by atoms with Crippen LogP contribution in [0, 0.1) is 0 Å². The van der Waals surface area contributed by atoms with Gasteiger partial charge in [0.15, 0.2) is 0 Å². The Morgan fingerprint density at radius 1 is 1.28 bits per heavy atom. The Bertz CT molecular complexity index is 870. The molecule has 7 heteroatoms. The van der Waals surface area contributed by atoms with Crippen LogP contribution in [0.2, 0.25) is 5.02 Å². The molecule has 0 spiro atoms. The van der Waals surface area contributed by atoms with Crippen LogP contribution < -0.4 is 0 Å². The zero-order valence-corrected chi connectivity index (χ0v) is 15.0. The fourth-order valence-corrected chi connectivity index (χ4v) is 2.89. The van der Waals surface area contributed by atoms with Crippen molar-refractivity contribution in [1.29, 1.82) is 0 Å². The minimum atomic E-state index is -0.0239. The molecule has 6 nitrogen and oxygen atoms in total. The van der Waals surface area contributed by atoms with E-state index in [9.17, 15) is 4.79 Å². The molecule has 3 rings (SSSR count). The molecule has 1 aromatic carbocycles. The lowest BCUT2D eigenvalue weighted by molar-refractivity contribution is 0.0781. The molecule has 0 bridgehead atoms. The van der Waals surface area contributed by atoms with Gasteiger partial charge in [-0.2, -0.15) is 10.2 Å². The molecule has 0 aliphatic rings. The van der Waals surface area contributed by atoms with E-state index in [0.717, 1.165) is 17.8 Å². The summed E-state index contributed by atoms with van der Waals surface area (Å²) >= 11 is 5.89. The van der Waals surface area contributed by atoms with E-state index in [-0.39, 0.29) is 5.91 Å². The first kappa shape index (κ1) is 17.2. The Balaban J connectivity index is 1.72. The van der Waals surface area contributed by atoms with Gasteiger partial charge in [0.2, 0.25) is 0 Å². The van der Waals surface area contributed by atoms with E-state index in [1.165, 1.54) is 0 Å². The monoisotopic (exact) mass is 357 g/mol. The van der Waals surface area contributed by atoms with E-state index in [2.05, 4.69) is 10.2 Å². The lowest BCUT2D eigenvalue weighted by atomic mass is 10.1. The third-order valence-electron chi connectivity index (χ3n) is 3.97. The molecule has 0 saturated carbocycles. The number of hydrogen-bond acceptors (Lipinski definition) is 3. The minimum absolute atomic E-state index is 0.0239. The number of halogens is 1. The summed E-state index contributed by atoms with van der Waals surface area (Å²) in [4.78, 5) is 14.4. The molecule has 0 N–H and O–H groups in total. The molecule has 2 heterocycles. The van der Waals surface area contributed by atoms with Crippen LogP contribution in [0.5, 0.6) is 0 Å². The molecule has 0 aliphatic heterocycles. The quantitative estimate of drug-likeness (QED) is 0.681. The fraction of sp³-hybridized carbons (Fsp3) is 0.278. The van der Waals surface area contributed by atoms with Crippen molar-refractivity contribution in [1.82, 2.24) is 24.5 Å². The van der Waals surface area contributed by atoms with Crippen LogP contribution in [-0.4, -0.2) is 37.4 Å². The molecule has 0 saturated heterocycles. The molecule has 1 amide bonds. The minimum Gasteiger partial charge on any atom is -0.336 e. The summed E-state index contributed by atoms with van der Waals surface area (Å²) in [7, 11) is 1.80. The molecule has 130 valence electrons. The number of aryl methyl sites for hydroxylation is 1. The molecule has 3 aromatic rings. The van der Waals surface area contributed by atoms with Crippen LogP contribution in [0.15, 0.2) is 48.9 Å². The number of carbonyl (C=O) groups is 1. The van der Waals surface area contributed by atoms with Gasteiger partial charge >= 0.3 is 0 Å². The lowest BCUT2D eigenvalue weighted by Gasteiger charge is -2.18. The van der Waals surface area contributed by atoms with Crippen LogP contribution in [0.25, 0.3) is 0 Å². The zero-order chi connectivity index (χ0) is 17.8. The van der Waals surface area contributed by atoms with Gasteiger partial charge in [-0.15, -0.1) is 0 Å². The highest BCUT2D eigenvalue weighted by Gasteiger charge is 2.14. The van der Waals surface area contributed by atoms with Gasteiger partial charge in [-0.1, -0.05) is 23.7 Å². The second-order valence-electron chi connectivity index (χ2n) is 5.86. The maximum absolute atomic E-state index is 12.7. The number of nitrogens with zero attached hydrogens (tertiary/aromatic N) is 5. The van der Waals surface area contributed by atoms with Gasteiger partial charge in [-0.05, 0) is 30.7 Å². The van der Waals surface area contributed by atoms with Crippen LogP contribution in [0.4, 0.5) is 0 Å². The molecule has 25 heavy (non-hydrogen) atoms. The summed E-state index contributed by atoms with van der Waals surface area (Å²) in [6.07, 6.45) is 5.11. The van der Waals surface area contributed by atoms with Gasteiger partial charge < -0.3 is 4.90 Å². The number of rotatable bonds is 6. The zero-order valence-electron chi connectivity index (χ0n) is 14.3. The van der Waals surface area contributed by atoms with E-state index in [0.29, 0.717) is 23.7 Å². The molecule has 2 aromatic heterocycles. The third kappa shape index (κ3) is 4.09. The number of carbonyl (C=O) groups excluding carboxylic acids is 1. The average molecular weight is 358 g/mol. The number of aromatic nitrogens is 4. The molecule has 0 radical (unpaired) electrons. The summed E-state index contributed by atoms with van der Waals surface area (Å²) in [5.74, 6) is -0.0239. The van der Waals surface area contributed by atoms with Gasteiger partial charge in [0.05, 0.1) is 30.0 Å². The van der Waals surface area contributed by atoms with Crippen molar-refractivity contribution in [2.75, 3.05) is 7.05 Å². The predicted octanol–water partition coefficient (Wildman–Crippen LogP) is 3.07. The summed E-state index contributed by atoms with van der Waals surface area (Å²) < 4.78 is 3.64. The van der Waals surface area contributed by atoms with Crippen molar-refractivity contribution in [3.8, 4) is 0 Å². The first-order valence-corrected chi connectivity index (χ1v) is 8.47. The molecule has 0 aliphatic carbocycles. The van der Waals surface area contributed by atoms with Crippen LogP contribution >= 0.6 is 11.6 Å². The van der Waals surface area contributed by atoms with Crippen molar-refractivity contribution in [2.24, 2.45) is 0 Å². The first-order chi connectivity index (χ1) is 12.1. The van der Waals surface area contributed by atoms with Crippen molar-refractivity contribution in [3.05, 3.63) is 70.8 Å².